The Morgan fingerprint density at radius 3 is 2.27 bits per heavy atom. The van der Waals surface area contributed by atoms with E-state index in [0.717, 1.165) is 24.0 Å². The Labute approximate surface area is 147 Å². The molecule has 1 N–H and O–H groups in total. The maximum absolute atomic E-state index is 13.5. The van der Waals surface area contributed by atoms with Crippen molar-refractivity contribution >= 4 is 17.5 Å². The van der Waals surface area contributed by atoms with Gasteiger partial charge in [0.25, 0.3) is 0 Å². The first-order chi connectivity index (χ1) is 12.2. The Kier molecular flexibility index (Phi) is 5.97. The predicted molar refractivity (Wildman–Crippen MR) is 87.7 cm³/mol. The number of benzene rings is 2. The van der Waals surface area contributed by atoms with Crippen molar-refractivity contribution in [1.29, 1.82) is 0 Å². The molecule has 0 unspecified atom stereocenters. The molecule has 138 valence electrons. The van der Waals surface area contributed by atoms with E-state index in [9.17, 15) is 27.2 Å². The summed E-state index contributed by atoms with van der Waals surface area (Å²) in [5.74, 6) is -1.94. The van der Waals surface area contributed by atoms with Crippen molar-refractivity contribution in [2.24, 2.45) is 0 Å². The van der Waals surface area contributed by atoms with E-state index in [2.05, 4.69) is 5.32 Å². The summed E-state index contributed by atoms with van der Waals surface area (Å²) in [6.07, 6.45) is -4.67. The molecular formula is C18H16F4N2O2. The molecule has 0 saturated carbocycles. The first kappa shape index (κ1) is 19.4. The minimum Gasteiger partial charge on any atom is -0.350 e. The highest BCUT2D eigenvalue weighted by Crippen LogP contribution is 2.36. The Morgan fingerprint density at radius 1 is 1.04 bits per heavy atom. The van der Waals surface area contributed by atoms with Crippen LogP contribution in [0, 0.1) is 5.82 Å². The maximum atomic E-state index is 13.5. The van der Waals surface area contributed by atoms with Crippen LogP contribution in [0.4, 0.5) is 23.2 Å². The molecule has 8 heteroatoms. The topological polar surface area (TPSA) is 49.4 Å². The van der Waals surface area contributed by atoms with E-state index in [1.54, 1.807) is 6.07 Å². The first-order valence-corrected chi connectivity index (χ1v) is 7.64. The van der Waals surface area contributed by atoms with Gasteiger partial charge in [-0.25, -0.2) is 4.39 Å². The van der Waals surface area contributed by atoms with Crippen molar-refractivity contribution < 1.29 is 27.2 Å². The molecule has 2 rings (SSSR count). The molecule has 0 fully saturated rings. The standard InChI is InChI=1S/C18H16F4N2O2/c1-12(25)24(16-9-5-3-7-14(16)18(20,21)22)11-17(26)23-10-13-6-2-4-8-15(13)19/h2-9H,10-11H2,1H3,(H,23,26). The SMILES string of the molecule is CC(=O)N(CC(=O)NCc1ccccc1F)c1ccccc1C(F)(F)F. The van der Waals surface area contributed by atoms with Gasteiger partial charge in [-0.3, -0.25) is 9.59 Å². The van der Waals surface area contributed by atoms with Crippen LogP contribution in [0.2, 0.25) is 0 Å². The summed E-state index contributed by atoms with van der Waals surface area (Å²) >= 11 is 0. The molecule has 0 aromatic heterocycles. The Morgan fingerprint density at radius 2 is 1.65 bits per heavy atom. The second-order valence-electron chi connectivity index (χ2n) is 5.49. The molecule has 0 aliphatic heterocycles. The number of anilines is 1. The molecular weight excluding hydrogens is 352 g/mol. The number of alkyl halides is 3. The monoisotopic (exact) mass is 368 g/mol. The summed E-state index contributed by atoms with van der Waals surface area (Å²) in [7, 11) is 0. The third-order valence-electron chi connectivity index (χ3n) is 3.62. The summed E-state index contributed by atoms with van der Waals surface area (Å²) < 4.78 is 53.0. The van der Waals surface area contributed by atoms with E-state index >= 15 is 0 Å². The molecule has 0 aliphatic carbocycles. The zero-order valence-electron chi connectivity index (χ0n) is 13.8. The highest BCUT2D eigenvalue weighted by molar-refractivity contribution is 5.98. The molecule has 2 aromatic rings. The Balaban J connectivity index is 2.16. The third kappa shape index (κ3) is 4.81. The highest BCUT2D eigenvalue weighted by atomic mass is 19.4. The van der Waals surface area contributed by atoms with E-state index in [-0.39, 0.29) is 12.1 Å². The van der Waals surface area contributed by atoms with Gasteiger partial charge in [-0.05, 0) is 18.2 Å². The highest BCUT2D eigenvalue weighted by Gasteiger charge is 2.35. The summed E-state index contributed by atoms with van der Waals surface area (Å²) in [5.41, 5.74) is -1.20. The minimum atomic E-state index is -4.67. The number of halogens is 4. The molecule has 0 bridgehead atoms. The van der Waals surface area contributed by atoms with Gasteiger partial charge in [-0.2, -0.15) is 13.2 Å². The van der Waals surface area contributed by atoms with Crippen LogP contribution in [0.5, 0.6) is 0 Å². The van der Waals surface area contributed by atoms with Gasteiger partial charge in [-0.15, -0.1) is 0 Å². The van der Waals surface area contributed by atoms with Gasteiger partial charge < -0.3 is 10.2 Å². The molecule has 2 aromatic carbocycles. The lowest BCUT2D eigenvalue weighted by molar-refractivity contribution is -0.137. The maximum Gasteiger partial charge on any atom is 0.418 e. The van der Waals surface area contributed by atoms with Gasteiger partial charge in [0.2, 0.25) is 11.8 Å². The van der Waals surface area contributed by atoms with Crippen molar-refractivity contribution in [3.63, 3.8) is 0 Å². The number of para-hydroxylation sites is 1. The molecule has 0 saturated heterocycles. The van der Waals surface area contributed by atoms with Crippen molar-refractivity contribution in [3.8, 4) is 0 Å². The molecule has 0 aliphatic rings. The molecule has 4 nitrogen and oxygen atoms in total. The number of carbonyl (C=O) groups is 2. The quantitative estimate of drug-likeness (QED) is 0.821. The molecule has 0 atom stereocenters. The van der Waals surface area contributed by atoms with E-state index in [0.29, 0.717) is 0 Å². The second-order valence-corrected chi connectivity index (χ2v) is 5.49. The van der Waals surface area contributed by atoms with Crippen LogP contribution < -0.4 is 10.2 Å². The summed E-state index contributed by atoms with van der Waals surface area (Å²) in [4.78, 5) is 24.6. The van der Waals surface area contributed by atoms with Crippen molar-refractivity contribution in [1.82, 2.24) is 5.32 Å². The first-order valence-electron chi connectivity index (χ1n) is 7.64. The lowest BCUT2D eigenvalue weighted by Gasteiger charge is -2.24. The smallest absolute Gasteiger partial charge is 0.350 e. The second kappa shape index (κ2) is 7.99. The Bertz CT molecular complexity index is 806. The minimum absolute atomic E-state index is 0.141. The number of hydrogen-bond acceptors (Lipinski definition) is 2. The van der Waals surface area contributed by atoms with E-state index in [1.165, 1.54) is 30.3 Å². The lowest BCUT2D eigenvalue weighted by atomic mass is 10.1. The fourth-order valence-electron chi connectivity index (χ4n) is 2.35. The average molecular weight is 368 g/mol. The fraction of sp³-hybridized carbons (Fsp3) is 0.222. The molecule has 26 heavy (non-hydrogen) atoms. The van der Waals surface area contributed by atoms with Crippen LogP contribution in [0.1, 0.15) is 18.1 Å². The van der Waals surface area contributed by atoms with Crippen LogP contribution in [-0.4, -0.2) is 18.4 Å². The number of rotatable bonds is 5. The van der Waals surface area contributed by atoms with Crippen LogP contribution in [-0.2, 0) is 22.3 Å². The third-order valence-corrected chi connectivity index (χ3v) is 3.62. The molecule has 0 radical (unpaired) electrons. The fourth-order valence-corrected chi connectivity index (χ4v) is 2.35. The van der Waals surface area contributed by atoms with Gasteiger partial charge in [-0.1, -0.05) is 30.3 Å². The normalized spacial score (nSPS) is 11.1. The van der Waals surface area contributed by atoms with E-state index in [1.807, 2.05) is 0 Å². The number of amides is 2. The summed E-state index contributed by atoms with van der Waals surface area (Å²) in [6, 6.07) is 10.3. The summed E-state index contributed by atoms with van der Waals surface area (Å²) in [6.45, 7) is 0.312. The number of carbonyl (C=O) groups excluding carboxylic acids is 2. The van der Waals surface area contributed by atoms with Crippen LogP contribution in [0.15, 0.2) is 48.5 Å². The zero-order chi connectivity index (χ0) is 19.3. The zero-order valence-corrected chi connectivity index (χ0v) is 13.8. The van der Waals surface area contributed by atoms with Crippen LogP contribution >= 0.6 is 0 Å². The average Bonchev–Trinajstić information content (AvgIpc) is 2.58. The van der Waals surface area contributed by atoms with Gasteiger partial charge >= 0.3 is 6.18 Å². The van der Waals surface area contributed by atoms with E-state index < -0.39 is 41.6 Å². The van der Waals surface area contributed by atoms with Gasteiger partial charge in [0.15, 0.2) is 0 Å². The molecule has 0 heterocycles. The van der Waals surface area contributed by atoms with Gasteiger partial charge in [0.05, 0.1) is 11.3 Å². The summed E-state index contributed by atoms with van der Waals surface area (Å²) in [5, 5.41) is 2.40. The number of nitrogens with one attached hydrogen (secondary N) is 1. The van der Waals surface area contributed by atoms with Gasteiger partial charge in [0.1, 0.15) is 12.4 Å². The predicted octanol–water partition coefficient (Wildman–Crippen LogP) is 3.51. The van der Waals surface area contributed by atoms with Crippen molar-refractivity contribution in [3.05, 3.63) is 65.5 Å². The van der Waals surface area contributed by atoms with Crippen molar-refractivity contribution in [2.45, 2.75) is 19.6 Å². The Hall–Kier alpha value is -2.90. The largest absolute Gasteiger partial charge is 0.418 e. The number of nitrogens with zero attached hydrogens (tertiary/aromatic N) is 1. The lowest BCUT2D eigenvalue weighted by Crippen LogP contribution is -2.40. The van der Waals surface area contributed by atoms with E-state index in [4.69, 9.17) is 0 Å². The van der Waals surface area contributed by atoms with Gasteiger partial charge in [0, 0.05) is 19.0 Å². The number of hydrogen-bond donors (Lipinski definition) is 1. The molecule has 2 amide bonds. The van der Waals surface area contributed by atoms with Crippen LogP contribution in [0.3, 0.4) is 0 Å². The molecule has 0 spiro atoms. The van der Waals surface area contributed by atoms with Crippen LogP contribution in [0.25, 0.3) is 0 Å². The van der Waals surface area contributed by atoms with Crippen molar-refractivity contribution in [2.75, 3.05) is 11.4 Å².